The van der Waals surface area contributed by atoms with Crippen LogP contribution in [0, 0.1) is 0 Å². The second-order valence-corrected chi connectivity index (χ2v) is 6.29. The summed E-state index contributed by atoms with van der Waals surface area (Å²) in [5.41, 5.74) is 1.89. The third-order valence-electron chi connectivity index (χ3n) is 3.87. The smallest absolute Gasteiger partial charge is 0.306 e. The van der Waals surface area contributed by atoms with Crippen molar-refractivity contribution >= 4 is 23.5 Å². The third kappa shape index (κ3) is 6.41. The average Bonchev–Trinajstić information content (AvgIpc) is 2.65. The van der Waals surface area contributed by atoms with Crippen LogP contribution in [0.1, 0.15) is 30.5 Å². The highest BCUT2D eigenvalue weighted by Crippen LogP contribution is 2.17. The maximum Gasteiger partial charge on any atom is 0.306 e. The van der Waals surface area contributed by atoms with E-state index in [4.69, 9.17) is 21.1 Å². The molecule has 1 amide bonds. The SMILES string of the molecule is COc1ccc(CCC(=O)OCC(=O)N[C@@H](C)c2cccc(Cl)c2)cc1. The number of esters is 1. The van der Waals surface area contributed by atoms with Crippen LogP contribution in [0.3, 0.4) is 0 Å². The molecule has 1 N–H and O–H groups in total. The van der Waals surface area contributed by atoms with Crippen LogP contribution in [0.5, 0.6) is 5.75 Å². The number of nitrogens with one attached hydrogen (secondary N) is 1. The molecule has 6 heteroatoms. The zero-order valence-corrected chi connectivity index (χ0v) is 15.6. The first-order chi connectivity index (χ1) is 12.5. The predicted molar refractivity (Wildman–Crippen MR) is 100 cm³/mol. The van der Waals surface area contributed by atoms with Gasteiger partial charge in [0.15, 0.2) is 6.61 Å². The number of hydrogen-bond acceptors (Lipinski definition) is 4. The Labute approximate surface area is 158 Å². The quantitative estimate of drug-likeness (QED) is 0.714. The Balaban J connectivity index is 1.71. The number of amides is 1. The van der Waals surface area contributed by atoms with Gasteiger partial charge in [-0.25, -0.2) is 0 Å². The van der Waals surface area contributed by atoms with E-state index >= 15 is 0 Å². The molecule has 0 aliphatic heterocycles. The number of ether oxygens (including phenoxy) is 2. The number of rotatable bonds is 8. The van der Waals surface area contributed by atoms with Crippen molar-refractivity contribution in [2.75, 3.05) is 13.7 Å². The van der Waals surface area contributed by atoms with E-state index < -0.39 is 5.97 Å². The monoisotopic (exact) mass is 375 g/mol. The molecule has 0 aliphatic rings. The normalized spacial score (nSPS) is 11.5. The molecule has 138 valence electrons. The molecule has 0 bridgehead atoms. The van der Waals surface area contributed by atoms with E-state index in [1.807, 2.05) is 43.3 Å². The van der Waals surface area contributed by atoms with E-state index in [2.05, 4.69) is 5.32 Å². The number of carbonyl (C=O) groups excluding carboxylic acids is 2. The Morgan fingerprint density at radius 3 is 2.54 bits per heavy atom. The van der Waals surface area contributed by atoms with Crippen LogP contribution in [0.4, 0.5) is 0 Å². The van der Waals surface area contributed by atoms with Crippen LogP contribution in [0.25, 0.3) is 0 Å². The summed E-state index contributed by atoms with van der Waals surface area (Å²) >= 11 is 5.94. The van der Waals surface area contributed by atoms with E-state index in [0.29, 0.717) is 11.4 Å². The first-order valence-corrected chi connectivity index (χ1v) is 8.69. The summed E-state index contributed by atoms with van der Waals surface area (Å²) in [6, 6.07) is 14.5. The molecule has 2 aromatic rings. The van der Waals surface area contributed by atoms with Crippen LogP contribution >= 0.6 is 11.6 Å². The van der Waals surface area contributed by atoms with Gasteiger partial charge in [0.05, 0.1) is 13.2 Å². The number of halogens is 1. The fourth-order valence-corrected chi connectivity index (χ4v) is 2.60. The van der Waals surface area contributed by atoms with Crippen molar-refractivity contribution in [3.05, 3.63) is 64.7 Å². The van der Waals surface area contributed by atoms with Gasteiger partial charge in [0, 0.05) is 11.4 Å². The summed E-state index contributed by atoms with van der Waals surface area (Å²) in [6.07, 6.45) is 0.757. The van der Waals surface area contributed by atoms with Gasteiger partial charge in [-0.1, -0.05) is 35.9 Å². The molecule has 2 rings (SSSR count). The summed E-state index contributed by atoms with van der Waals surface area (Å²) < 4.78 is 10.1. The molecule has 0 unspecified atom stereocenters. The van der Waals surface area contributed by atoms with E-state index in [-0.39, 0.29) is 25.0 Å². The van der Waals surface area contributed by atoms with Crippen molar-refractivity contribution < 1.29 is 19.1 Å². The van der Waals surface area contributed by atoms with Gasteiger partial charge in [-0.3, -0.25) is 9.59 Å². The minimum atomic E-state index is -0.411. The number of benzene rings is 2. The van der Waals surface area contributed by atoms with Gasteiger partial charge in [0.2, 0.25) is 0 Å². The van der Waals surface area contributed by atoms with Crippen LogP contribution in [0.15, 0.2) is 48.5 Å². The molecule has 0 fully saturated rings. The maximum absolute atomic E-state index is 11.9. The largest absolute Gasteiger partial charge is 0.497 e. The first-order valence-electron chi connectivity index (χ1n) is 8.31. The highest BCUT2D eigenvalue weighted by atomic mass is 35.5. The number of methoxy groups -OCH3 is 1. The van der Waals surface area contributed by atoms with Crippen molar-refractivity contribution in [2.24, 2.45) is 0 Å². The van der Waals surface area contributed by atoms with Crippen molar-refractivity contribution in [1.29, 1.82) is 0 Å². The van der Waals surface area contributed by atoms with E-state index in [1.165, 1.54) is 0 Å². The Kier molecular flexibility index (Phi) is 7.48. The Hall–Kier alpha value is -2.53. The lowest BCUT2D eigenvalue weighted by molar-refractivity contribution is -0.148. The highest BCUT2D eigenvalue weighted by molar-refractivity contribution is 6.30. The highest BCUT2D eigenvalue weighted by Gasteiger charge is 2.12. The lowest BCUT2D eigenvalue weighted by atomic mass is 10.1. The van der Waals surface area contributed by atoms with Crippen molar-refractivity contribution in [3.8, 4) is 5.75 Å². The van der Waals surface area contributed by atoms with Crippen molar-refractivity contribution in [3.63, 3.8) is 0 Å². The molecule has 5 nitrogen and oxygen atoms in total. The molecule has 0 heterocycles. The lowest BCUT2D eigenvalue weighted by Gasteiger charge is -2.14. The second kappa shape index (κ2) is 9.82. The van der Waals surface area contributed by atoms with Crippen LogP contribution < -0.4 is 10.1 Å². The molecule has 0 saturated heterocycles. The lowest BCUT2D eigenvalue weighted by Crippen LogP contribution is -2.31. The average molecular weight is 376 g/mol. The molecular formula is C20H22ClNO4. The van der Waals surface area contributed by atoms with Crippen LogP contribution in [-0.4, -0.2) is 25.6 Å². The minimum Gasteiger partial charge on any atom is -0.497 e. The predicted octanol–water partition coefficient (Wildman–Crippen LogP) is 3.70. The van der Waals surface area contributed by atoms with E-state index in [9.17, 15) is 9.59 Å². The van der Waals surface area contributed by atoms with Gasteiger partial charge in [0.25, 0.3) is 5.91 Å². The third-order valence-corrected chi connectivity index (χ3v) is 4.10. The van der Waals surface area contributed by atoms with E-state index in [1.54, 1.807) is 19.2 Å². The minimum absolute atomic E-state index is 0.212. The van der Waals surface area contributed by atoms with Gasteiger partial charge in [-0.15, -0.1) is 0 Å². The Morgan fingerprint density at radius 2 is 1.88 bits per heavy atom. The summed E-state index contributed by atoms with van der Waals surface area (Å²) in [6.45, 7) is 1.54. The maximum atomic E-state index is 11.9. The second-order valence-electron chi connectivity index (χ2n) is 5.85. The summed E-state index contributed by atoms with van der Waals surface area (Å²) in [4.78, 5) is 23.7. The topological polar surface area (TPSA) is 64.6 Å². The van der Waals surface area contributed by atoms with E-state index in [0.717, 1.165) is 16.9 Å². The summed E-state index contributed by atoms with van der Waals surface area (Å²) in [5.74, 6) is 0.00321. The van der Waals surface area contributed by atoms with Crippen molar-refractivity contribution in [1.82, 2.24) is 5.32 Å². The molecule has 26 heavy (non-hydrogen) atoms. The standard InChI is InChI=1S/C20H22ClNO4/c1-14(16-4-3-5-17(21)12-16)22-19(23)13-26-20(24)11-8-15-6-9-18(25-2)10-7-15/h3-7,9-10,12,14H,8,11,13H2,1-2H3,(H,22,23)/t14-/m0/s1. The number of carbonyl (C=O) groups is 2. The van der Waals surface area contributed by atoms with Crippen LogP contribution in [0.2, 0.25) is 5.02 Å². The molecule has 0 spiro atoms. The zero-order chi connectivity index (χ0) is 18.9. The van der Waals surface area contributed by atoms with Gasteiger partial charge in [0.1, 0.15) is 5.75 Å². The first kappa shape index (κ1) is 19.8. The van der Waals surface area contributed by atoms with Gasteiger partial charge in [-0.05, 0) is 48.7 Å². The molecule has 2 aromatic carbocycles. The molecule has 0 radical (unpaired) electrons. The molecule has 1 atom stereocenters. The Bertz CT molecular complexity index is 746. The number of hydrogen-bond donors (Lipinski definition) is 1. The van der Waals surface area contributed by atoms with Crippen LogP contribution in [-0.2, 0) is 20.7 Å². The fraction of sp³-hybridized carbons (Fsp3) is 0.300. The molecule has 0 aliphatic carbocycles. The van der Waals surface area contributed by atoms with Crippen molar-refractivity contribution in [2.45, 2.75) is 25.8 Å². The number of aryl methyl sites for hydroxylation is 1. The van der Waals surface area contributed by atoms with Gasteiger partial charge >= 0.3 is 5.97 Å². The zero-order valence-electron chi connectivity index (χ0n) is 14.8. The summed E-state index contributed by atoms with van der Waals surface area (Å²) in [5, 5.41) is 3.38. The molecule has 0 saturated carbocycles. The fourth-order valence-electron chi connectivity index (χ4n) is 2.40. The summed E-state index contributed by atoms with van der Waals surface area (Å²) in [7, 11) is 1.60. The molecular weight excluding hydrogens is 354 g/mol. The van der Waals surface area contributed by atoms with Gasteiger partial charge in [-0.2, -0.15) is 0 Å². The van der Waals surface area contributed by atoms with Gasteiger partial charge < -0.3 is 14.8 Å². The molecule has 0 aromatic heterocycles. The Morgan fingerprint density at radius 1 is 1.15 bits per heavy atom.